The summed E-state index contributed by atoms with van der Waals surface area (Å²) in [5.41, 5.74) is 6.50. The van der Waals surface area contributed by atoms with E-state index in [1.807, 2.05) is 18.3 Å². The molecule has 5 heteroatoms. The number of aryl methyl sites for hydroxylation is 3. The second-order valence-electron chi connectivity index (χ2n) is 6.32. The minimum atomic E-state index is 0.853. The van der Waals surface area contributed by atoms with Crippen molar-refractivity contribution in [3.63, 3.8) is 0 Å². The van der Waals surface area contributed by atoms with E-state index in [0.717, 1.165) is 35.4 Å². The maximum atomic E-state index is 5.53. The minimum Gasteiger partial charge on any atom is -0.496 e. The van der Waals surface area contributed by atoms with E-state index in [1.54, 1.807) is 19.6 Å². The highest BCUT2D eigenvalue weighted by molar-refractivity contribution is 5.76. The third-order valence-corrected chi connectivity index (χ3v) is 4.61. The molecule has 0 bridgehead atoms. The van der Waals surface area contributed by atoms with Crippen molar-refractivity contribution in [3.05, 3.63) is 78.0 Å². The fraction of sp³-hybridized carbons (Fsp3) is 0.190. The zero-order chi connectivity index (χ0) is 17.9. The Morgan fingerprint density at radius 3 is 2.81 bits per heavy atom. The number of nitrogens with zero attached hydrogens (tertiary/aromatic N) is 4. The standard InChI is InChI=1S/C21H20N4O/c1-15-5-6-16(20(12-15)26-2)7-8-18-9-10-19(17-4-3-11-22-13-17)21-24-23-14-25(18)21/h3-6,9-14H,7-8H2,1-2H3. The second-order valence-corrected chi connectivity index (χ2v) is 6.32. The first-order valence-corrected chi connectivity index (χ1v) is 8.62. The zero-order valence-corrected chi connectivity index (χ0v) is 14.9. The number of pyridine rings is 2. The van der Waals surface area contributed by atoms with E-state index in [1.165, 1.54) is 16.8 Å². The Bertz CT molecular complexity index is 1040. The largest absolute Gasteiger partial charge is 0.496 e. The quantitative estimate of drug-likeness (QED) is 0.551. The maximum absolute atomic E-state index is 5.53. The molecule has 0 aliphatic rings. The molecule has 0 fully saturated rings. The summed E-state index contributed by atoms with van der Waals surface area (Å²) in [4.78, 5) is 4.21. The summed E-state index contributed by atoms with van der Waals surface area (Å²) >= 11 is 0. The minimum absolute atomic E-state index is 0.853. The van der Waals surface area contributed by atoms with Crippen molar-refractivity contribution in [2.75, 3.05) is 7.11 Å². The van der Waals surface area contributed by atoms with E-state index < -0.39 is 0 Å². The molecule has 5 nitrogen and oxygen atoms in total. The molecule has 3 heterocycles. The molecule has 0 amide bonds. The van der Waals surface area contributed by atoms with Crippen LogP contribution in [-0.4, -0.2) is 26.7 Å². The van der Waals surface area contributed by atoms with Gasteiger partial charge in [-0.2, -0.15) is 0 Å². The topological polar surface area (TPSA) is 52.3 Å². The number of fused-ring (bicyclic) bond motifs is 1. The van der Waals surface area contributed by atoms with E-state index in [2.05, 4.69) is 56.8 Å². The fourth-order valence-electron chi connectivity index (χ4n) is 3.24. The molecule has 4 aromatic rings. The lowest BCUT2D eigenvalue weighted by atomic mass is 10.0. The summed E-state index contributed by atoms with van der Waals surface area (Å²) in [6, 6.07) is 14.5. The number of hydrogen-bond acceptors (Lipinski definition) is 4. The van der Waals surface area contributed by atoms with Crippen LogP contribution in [0.5, 0.6) is 5.75 Å². The molecule has 0 N–H and O–H groups in total. The van der Waals surface area contributed by atoms with E-state index in [-0.39, 0.29) is 0 Å². The van der Waals surface area contributed by atoms with Crippen molar-refractivity contribution in [1.82, 2.24) is 19.6 Å². The summed E-state index contributed by atoms with van der Waals surface area (Å²) in [5.74, 6) is 0.942. The van der Waals surface area contributed by atoms with Crippen molar-refractivity contribution >= 4 is 5.65 Å². The van der Waals surface area contributed by atoms with Gasteiger partial charge >= 0.3 is 0 Å². The SMILES string of the molecule is COc1cc(C)ccc1CCc1ccc(-c2cccnc2)c2nncn12. The first-order valence-electron chi connectivity index (χ1n) is 8.62. The van der Waals surface area contributed by atoms with Gasteiger partial charge < -0.3 is 4.74 Å². The van der Waals surface area contributed by atoms with E-state index in [4.69, 9.17) is 4.74 Å². The van der Waals surface area contributed by atoms with Crippen molar-refractivity contribution in [2.45, 2.75) is 19.8 Å². The summed E-state index contributed by atoms with van der Waals surface area (Å²) in [6.45, 7) is 2.07. The Labute approximate surface area is 152 Å². The lowest BCUT2D eigenvalue weighted by molar-refractivity contribution is 0.409. The van der Waals surface area contributed by atoms with Crippen LogP contribution in [0.2, 0.25) is 0 Å². The van der Waals surface area contributed by atoms with Crippen molar-refractivity contribution < 1.29 is 4.74 Å². The molecule has 3 aromatic heterocycles. The molecular formula is C21H20N4O. The van der Waals surface area contributed by atoms with Crippen molar-refractivity contribution in [3.8, 4) is 16.9 Å². The van der Waals surface area contributed by atoms with E-state index in [9.17, 15) is 0 Å². The number of benzene rings is 1. The fourth-order valence-corrected chi connectivity index (χ4v) is 3.24. The van der Waals surface area contributed by atoms with Gasteiger partial charge in [-0.3, -0.25) is 9.38 Å². The average molecular weight is 344 g/mol. The van der Waals surface area contributed by atoms with Crippen LogP contribution in [0.1, 0.15) is 16.8 Å². The number of methoxy groups -OCH3 is 1. The Morgan fingerprint density at radius 1 is 1.08 bits per heavy atom. The third kappa shape index (κ3) is 3.04. The first-order chi connectivity index (χ1) is 12.8. The summed E-state index contributed by atoms with van der Waals surface area (Å²) in [6.07, 6.45) is 7.16. The van der Waals surface area contributed by atoms with Crippen LogP contribution in [0.15, 0.2) is 61.2 Å². The molecule has 0 radical (unpaired) electrons. The van der Waals surface area contributed by atoms with Crippen molar-refractivity contribution in [2.24, 2.45) is 0 Å². The van der Waals surface area contributed by atoms with Gasteiger partial charge in [-0.15, -0.1) is 10.2 Å². The van der Waals surface area contributed by atoms with Crippen LogP contribution < -0.4 is 4.74 Å². The molecule has 0 saturated carbocycles. The highest BCUT2D eigenvalue weighted by Crippen LogP contribution is 2.25. The van der Waals surface area contributed by atoms with Gasteiger partial charge in [0.25, 0.3) is 0 Å². The van der Waals surface area contributed by atoms with E-state index in [0.29, 0.717) is 0 Å². The van der Waals surface area contributed by atoms with Crippen LogP contribution >= 0.6 is 0 Å². The molecule has 1 aromatic carbocycles. The predicted molar refractivity (Wildman–Crippen MR) is 101 cm³/mol. The molecule has 0 aliphatic carbocycles. The van der Waals surface area contributed by atoms with Gasteiger partial charge in [0, 0.05) is 29.2 Å². The highest BCUT2D eigenvalue weighted by Gasteiger charge is 2.11. The predicted octanol–water partition coefficient (Wildman–Crippen LogP) is 3.89. The molecule has 0 atom stereocenters. The summed E-state index contributed by atoms with van der Waals surface area (Å²) < 4.78 is 7.58. The van der Waals surface area contributed by atoms with E-state index >= 15 is 0 Å². The summed E-state index contributed by atoms with van der Waals surface area (Å²) in [5, 5.41) is 8.43. The Balaban J connectivity index is 1.66. The van der Waals surface area contributed by atoms with Crippen LogP contribution in [-0.2, 0) is 12.8 Å². The molecule has 0 unspecified atom stereocenters. The number of hydrogen-bond donors (Lipinski definition) is 0. The smallest absolute Gasteiger partial charge is 0.168 e. The lowest BCUT2D eigenvalue weighted by Gasteiger charge is -2.11. The molecule has 4 rings (SSSR count). The van der Waals surface area contributed by atoms with Gasteiger partial charge in [-0.1, -0.05) is 18.2 Å². The molecular weight excluding hydrogens is 324 g/mol. The average Bonchev–Trinajstić information content (AvgIpc) is 3.17. The number of ether oxygens (including phenoxy) is 1. The summed E-state index contributed by atoms with van der Waals surface area (Å²) in [7, 11) is 1.72. The highest BCUT2D eigenvalue weighted by atomic mass is 16.5. The van der Waals surface area contributed by atoms with Gasteiger partial charge in [-0.05, 0) is 55.2 Å². The Hall–Kier alpha value is -3.21. The van der Waals surface area contributed by atoms with Crippen LogP contribution in [0.25, 0.3) is 16.8 Å². The number of aromatic nitrogens is 4. The zero-order valence-electron chi connectivity index (χ0n) is 14.9. The lowest BCUT2D eigenvalue weighted by Crippen LogP contribution is -2.02. The van der Waals surface area contributed by atoms with Crippen LogP contribution in [0.3, 0.4) is 0 Å². The van der Waals surface area contributed by atoms with Gasteiger partial charge in [-0.25, -0.2) is 0 Å². The molecule has 0 spiro atoms. The Kier molecular flexibility index (Phi) is 4.35. The van der Waals surface area contributed by atoms with Gasteiger partial charge in [0.1, 0.15) is 12.1 Å². The van der Waals surface area contributed by atoms with Gasteiger partial charge in [0.2, 0.25) is 0 Å². The Morgan fingerprint density at radius 2 is 2.00 bits per heavy atom. The van der Waals surface area contributed by atoms with Crippen molar-refractivity contribution in [1.29, 1.82) is 0 Å². The maximum Gasteiger partial charge on any atom is 0.168 e. The molecule has 26 heavy (non-hydrogen) atoms. The van der Waals surface area contributed by atoms with Crippen LogP contribution in [0.4, 0.5) is 0 Å². The monoisotopic (exact) mass is 344 g/mol. The van der Waals surface area contributed by atoms with Gasteiger partial charge in [0.15, 0.2) is 5.65 Å². The first kappa shape index (κ1) is 16.3. The molecule has 0 aliphatic heterocycles. The molecule has 0 saturated heterocycles. The normalized spacial score (nSPS) is 11.0. The number of rotatable bonds is 5. The molecule has 130 valence electrons. The van der Waals surface area contributed by atoms with Crippen LogP contribution in [0, 0.1) is 6.92 Å². The second kappa shape index (κ2) is 6.96. The third-order valence-electron chi connectivity index (χ3n) is 4.61. The van der Waals surface area contributed by atoms with Gasteiger partial charge in [0.05, 0.1) is 7.11 Å².